The molecule has 1 unspecified atom stereocenters. The summed E-state index contributed by atoms with van der Waals surface area (Å²) < 4.78 is 6.56. The zero-order valence-electron chi connectivity index (χ0n) is 10.2. The van der Waals surface area contributed by atoms with Crippen LogP contribution in [-0.2, 0) is 4.74 Å². The standard InChI is InChI=1S/C12H14N2O5/c1-3-7(15)10-8(16)4-9(19-10)14-5-6(2)11(17)13-12(14)18/h1,5,7-10,15-16H,4H2,2H3,(H,13,17,18)/t7?,8-,9+,10+/m0/s1. The fourth-order valence-corrected chi connectivity index (χ4v) is 2.03. The number of H-pyrrole nitrogens is 1. The molecule has 19 heavy (non-hydrogen) atoms. The quantitative estimate of drug-likeness (QED) is 0.564. The molecule has 1 aromatic heterocycles. The molecule has 0 saturated carbocycles. The van der Waals surface area contributed by atoms with Gasteiger partial charge in [0, 0.05) is 18.2 Å². The Morgan fingerprint density at radius 2 is 2.32 bits per heavy atom. The van der Waals surface area contributed by atoms with Crippen molar-refractivity contribution in [2.45, 2.75) is 37.9 Å². The van der Waals surface area contributed by atoms with Gasteiger partial charge in [-0.3, -0.25) is 14.3 Å². The molecule has 1 aliphatic heterocycles. The molecule has 0 aliphatic carbocycles. The van der Waals surface area contributed by atoms with Gasteiger partial charge in [0.1, 0.15) is 18.4 Å². The second-order valence-corrected chi connectivity index (χ2v) is 4.45. The molecule has 3 N–H and O–H groups in total. The topological polar surface area (TPSA) is 105 Å². The average molecular weight is 266 g/mol. The van der Waals surface area contributed by atoms with E-state index in [1.54, 1.807) is 6.92 Å². The summed E-state index contributed by atoms with van der Waals surface area (Å²) in [6, 6.07) is 0. The molecule has 4 atom stereocenters. The van der Waals surface area contributed by atoms with Crippen molar-refractivity contribution in [2.75, 3.05) is 0 Å². The number of hydrogen-bond acceptors (Lipinski definition) is 5. The van der Waals surface area contributed by atoms with Gasteiger partial charge in [-0.1, -0.05) is 5.92 Å². The Balaban J connectivity index is 2.31. The van der Waals surface area contributed by atoms with Crippen LogP contribution in [0, 0.1) is 19.3 Å². The van der Waals surface area contributed by atoms with Crippen LogP contribution in [0.4, 0.5) is 0 Å². The minimum atomic E-state index is -1.25. The summed E-state index contributed by atoms with van der Waals surface area (Å²) in [5, 5.41) is 19.3. The Bertz CT molecular complexity index is 626. The van der Waals surface area contributed by atoms with Crippen LogP contribution in [0.15, 0.2) is 15.8 Å². The first-order valence-corrected chi connectivity index (χ1v) is 5.74. The lowest BCUT2D eigenvalue weighted by molar-refractivity contribution is -0.0656. The zero-order chi connectivity index (χ0) is 14.2. The van der Waals surface area contributed by atoms with Crippen molar-refractivity contribution in [3.8, 4) is 12.3 Å². The minimum absolute atomic E-state index is 0.106. The van der Waals surface area contributed by atoms with Crippen LogP contribution in [-0.4, -0.2) is 38.1 Å². The summed E-state index contributed by atoms with van der Waals surface area (Å²) in [5.41, 5.74) is -0.762. The Hall–Kier alpha value is -1.88. The number of aromatic nitrogens is 2. The molecule has 0 spiro atoms. The number of aliphatic hydroxyl groups excluding tert-OH is 2. The van der Waals surface area contributed by atoms with Gasteiger partial charge in [0.2, 0.25) is 0 Å². The van der Waals surface area contributed by atoms with Gasteiger partial charge in [-0.05, 0) is 6.92 Å². The van der Waals surface area contributed by atoms with Crippen LogP contribution in [0.3, 0.4) is 0 Å². The summed E-state index contributed by atoms with van der Waals surface area (Å²) in [5.74, 6) is 2.07. The van der Waals surface area contributed by atoms with Crippen molar-refractivity contribution in [1.29, 1.82) is 0 Å². The summed E-state index contributed by atoms with van der Waals surface area (Å²) in [6.45, 7) is 1.55. The van der Waals surface area contributed by atoms with Gasteiger partial charge >= 0.3 is 5.69 Å². The number of rotatable bonds is 2. The summed E-state index contributed by atoms with van der Waals surface area (Å²) in [6.07, 6.45) is 2.57. The van der Waals surface area contributed by atoms with E-state index in [1.807, 2.05) is 0 Å². The third-order valence-corrected chi connectivity index (χ3v) is 3.07. The second-order valence-electron chi connectivity index (χ2n) is 4.45. The molecule has 0 radical (unpaired) electrons. The van der Waals surface area contributed by atoms with Crippen molar-refractivity contribution in [1.82, 2.24) is 9.55 Å². The molecule has 2 rings (SSSR count). The number of nitrogens with one attached hydrogen (secondary N) is 1. The first-order valence-electron chi connectivity index (χ1n) is 5.74. The summed E-state index contributed by atoms with van der Waals surface area (Å²) in [7, 11) is 0. The minimum Gasteiger partial charge on any atom is -0.390 e. The molecule has 1 aliphatic rings. The van der Waals surface area contributed by atoms with E-state index in [9.17, 15) is 19.8 Å². The van der Waals surface area contributed by atoms with Crippen LogP contribution in [0.2, 0.25) is 0 Å². The molecule has 0 amide bonds. The Kier molecular flexibility index (Phi) is 3.57. The lowest BCUT2D eigenvalue weighted by atomic mass is 10.1. The molecule has 1 fully saturated rings. The van der Waals surface area contributed by atoms with Gasteiger partial charge < -0.3 is 14.9 Å². The first kappa shape index (κ1) is 13.5. The maximum Gasteiger partial charge on any atom is 0.330 e. The largest absolute Gasteiger partial charge is 0.390 e. The highest BCUT2D eigenvalue weighted by molar-refractivity contribution is 5.04. The van der Waals surface area contributed by atoms with Gasteiger partial charge in [0.15, 0.2) is 0 Å². The highest BCUT2D eigenvalue weighted by atomic mass is 16.5. The van der Waals surface area contributed by atoms with Crippen LogP contribution in [0.5, 0.6) is 0 Å². The number of aliphatic hydroxyl groups is 2. The van der Waals surface area contributed by atoms with Crippen molar-refractivity contribution in [3.63, 3.8) is 0 Å². The molecule has 1 saturated heterocycles. The van der Waals surface area contributed by atoms with E-state index in [4.69, 9.17) is 11.2 Å². The molecular weight excluding hydrogens is 252 g/mol. The fraction of sp³-hybridized carbons (Fsp3) is 0.500. The summed E-state index contributed by atoms with van der Waals surface area (Å²) in [4.78, 5) is 25.1. The van der Waals surface area contributed by atoms with E-state index in [-0.39, 0.29) is 6.42 Å². The molecule has 1 aromatic rings. The first-order chi connectivity index (χ1) is 8.93. The number of hydrogen-bond donors (Lipinski definition) is 3. The van der Waals surface area contributed by atoms with E-state index < -0.39 is 35.8 Å². The Labute approximate surface area is 108 Å². The van der Waals surface area contributed by atoms with E-state index in [0.717, 1.165) is 0 Å². The van der Waals surface area contributed by atoms with Crippen LogP contribution >= 0.6 is 0 Å². The van der Waals surface area contributed by atoms with Crippen LogP contribution in [0.25, 0.3) is 0 Å². The third kappa shape index (κ3) is 2.46. The molecule has 7 heteroatoms. The smallest absolute Gasteiger partial charge is 0.330 e. The zero-order valence-corrected chi connectivity index (χ0v) is 10.2. The number of nitrogens with zero attached hydrogens (tertiary/aromatic N) is 1. The van der Waals surface area contributed by atoms with E-state index in [2.05, 4.69) is 10.9 Å². The van der Waals surface area contributed by atoms with Crippen LogP contribution < -0.4 is 11.2 Å². The van der Waals surface area contributed by atoms with Gasteiger partial charge in [-0.15, -0.1) is 6.42 Å². The van der Waals surface area contributed by atoms with Gasteiger partial charge in [0.25, 0.3) is 5.56 Å². The third-order valence-electron chi connectivity index (χ3n) is 3.07. The normalized spacial score (nSPS) is 28.0. The Morgan fingerprint density at radius 1 is 1.63 bits per heavy atom. The molecule has 7 nitrogen and oxygen atoms in total. The number of aromatic amines is 1. The lowest BCUT2D eigenvalue weighted by Gasteiger charge is -2.17. The highest BCUT2D eigenvalue weighted by Crippen LogP contribution is 2.29. The number of ether oxygens (including phenoxy) is 1. The molecule has 2 heterocycles. The summed E-state index contributed by atoms with van der Waals surface area (Å²) >= 11 is 0. The lowest BCUT2D eigenvalue weighted by Crippen LogP contribution is -2.35. The maximum atomic E-state index is 11.7. The SMILES string of the molecule is C#CC(O)[C@H]1O[C@@H](n2cc(C)c(=O)[nH]c2=O)C[C@@H]1O. The molecule has 102 valence electrons. The molecular formula is C12H14N2O5. The second kappa shape index (κ2) is 5.01. The van der Waals surface area contributed by atoms with Crippen molar-refractivity contribution >= 4 is 0 Å². The molecule has 0 aromatic carbocycles. The van der Waals surface area contributed by atoms with Crippen molar-refractivity contribution in [3.05, 3.63) is 32.6 Å². The van der Waals surface area contributed by atoms with E-state index >= 15 is 0 Å². The Morgan fingerprint density at radius 3 is 2.95 bits per heavy atom. The van der Waals surface area contributed by atoms with Crippen LogP contribution in [0.1, 0.15) is 18.2 Å². The van der Waals surface area contributed by atoms with Crippen molar-refractivity contribution < 1.29 is 14.9 Å². The van der Waals surface area contributed by atoms with E-state index in [0.29, 0.717) is 5.56 Å². The van der Waals surface area contributed by atoms with Gasteiger partial charge in [-0.2, -0.15) is 0 Å². The predicted octanol–water partition coefficient (Wildman–Crippen LogP) is -1.51. The number of aryl methyl sites for hydroxylation is 1. The van der Waals surface area contributed by atoms with Gasteiger partial charge in [-0.25, -0.2) is 4.79 Å². The average Bonchev–Trinajstić information content (AvgIpc) is 2.75. The van der Waals surface area contributed by atoms with Crippen molar-refractivity contribution in [2.24, 2.45) is 0 Å². The van der Waals surface area contributed by atoms with Gasteiger partial charge in [0.05, 0.1) is 6.10 Å². The van der Waals surface area contributed by atoms with E-state index in [1.165, 1.54) is 10.8 Å². The predicted molar refractivity (Wildman–Crippen MR) is 65.4 cm³/mol. The number of terminal acetylenes is 1. The maximum absolute atomic E-state index is 11.7. The fourth-order valence-electron chi connectivity index (χ4n) is 2.03. The molecule has 0 bridgehead atoms. The highest BCUT2D eigenvalue weighted by Gasteiger charge is 2.39. The monoisotopic (exact) mass is 266 g/mol.